The molecule has 0 atom stereocenters. The monoisotopic (exact) mass is 348 g/mol. The molecule has 0 aliphatic heterocycles. The molecule has 2 aromatic carbocycles. The molecule has 6 nitrogen and oxygen atoms in total. The zero-order valence-electron chi connectivity index (χ0n) is 14.0. The van der Waals surface area contributed by atoms with Gasteiger partial charge in [-0.3, -0.25) is 4.79 Å². The van der Waals surface area contributed by atoms with Gasteiger partial charge in [0.25, 0.3) is 5.91 Å². The van der Waals surface area contributed by atoms with Crippen molar-refractivity contribution in [2.45, 2.75) is 18.7 Å². The molecular weight excluding hydrogens is 328 g/mol. The summed E-state index contributed by atoms with van der Waals surface area (Å²) in [4.78, 5) is 12.4. The van der Waals surface area contributed by atoms with Crippen molar-refractivity contribution < 1.29 is 17.9 Å². The smallest absolute Gasteiger partial charge is 0.255 e. The molecule has 0 spiro atoms. The maximum Gasteiger partial charge on any atom is 0.255 e. The topological polar surface area (TPSA) is 84.5 Å². The lowest BCUT2D eigenvalue weighted by molar-refractivity contribution is 0.102. The van der Waals surface area contributed by atoms with Crippen molar-refractivity contribution in [1.29, 1.82) is 0 Å². The Kier molecular flexibility index (Phi) is 5.26. The Bertz CT molecular complexity index is 876. The molecule has 2 aromatic rings. The molecule has 0 aliphatic rings. The Morgan fingerprint density at radius 2 is 1.83 bits per heavy atom. The van der Waals surface area contributed by atoms with Crippen molar-refractivity contribution in [1.82, 2.24) is 4.72 Å². The minimum absolute atomic E-state index is 0.0823. The number of anilines is 1. The molecule has 0 radical (unpaired) electrons. The first kappa shape index (κ1) is 18.0. The van der Waals surface area contributed by atoms with Crippen molar-refractivity contribution >= 4 is 21.6 Å². The predicted molar refractivity (Wildman–Crippen MR) is 93.1 cm³/mol. The summed E-state index contributed by atoms with van der Waals surface area (Å²) >= 11 is 0. The van der Waals surface area contributed by atoms with Crippen LogP contribution in [0.15, 0.2) is 41.3 Å². The number of carbonyl (C=O) groups excluding carboxylic acids is 1. The van der Waals surface area contributed by atoms with E-state index in [1.54, 1.807) is 6.07 Å². The number of hydrogen-bond acceptors (Lipinski definition) is 4. The highest BCUT2D eigenvalue weighted by Gasteiger charge is 2.20. The van der Waals surface area contributed by atoms with Gasteiger partial charge in [0.05, 0.1) is 7.11 Å². The van der Waals surface area contributed by atoms with Crippen LogP contribution in [0, 0.1) is 13.8 Å². The fourth-order valence-electron chi connectivity index (χ4n) is 2.22. The highest BCUT2D eigenvalue weighted by Crippen LogP contribution is 2.25. The van der Waals surface area contributed by atoms with E-state index in [2.05, 4.69) is 10.0 Å². The summed E-state index contributed by atoms with van der Waals surface area (Å²) in [7, 11) is -1.06. The summed E-state index contributed by atoms with van der Waals surface area (Å²) in [6.07, 6.45) is 0. The summed E-state index contributed by atoms with van der Waals surface area (Å²) in [5, 5.41) is 2.81. The van der Waals surface area contributed by atoms with Crippen LogP contribution in [0.1, 0.15) is 21.5 Å². The first-order valence-electron chi connectivity index (χ1n) is 7.29. The zero-order chi connectivity index (χ0) is 17.9. The van der Waals surface area contributed by atoms with E-state index in [0.717, 1.165) is 11.1 Å². The van der Waals surface area contributed by atoms with E-state index >= 15 is 0 Å². The van der Waals surface area contributed by atoms with Crippen LogP contribution in [0.4, 0.5) is 5.69 Å². The average Bonchev–Trinajstić information content (AvgIpc) is 2.58. The molecule has 0 saturated carbocycles. The van der Waals surface area contributed by atoms with Crippen LogP contribution in [-0.4, -0.2) is 28.5 Å². The molecule has 0 aromatic heterocycles. The summed E-state index contributed by atoms with van der Waals surface area (Å²) in [6.45, 7) is 3.87. The Labute approximate surface area is 141 Å². The van der Waals surface area contributed by atoms with E-state index in [1.165, 1.54) is 32.4 Å². The molecule has 128 valence electrons. The maximum absolute atomic E-state index is 12.5. The number of hydrogen-bond donors (Lipinski definition) is 2. The molecule has 2 rings (SSSR count). The van der Waals surface area contributed by atoms with Gasteiger partial charge in [0.2, 0.25) is 10.0 Å². The number of carbonyl (C=O) groups is 1. The van der Waals surface area contributed by atoms with Crippen LogP contribution < -0.4 is 14.8 Å². The SMILES string of the molecule is CNS(=O)(=O)c1cc(C(=O)Nc2cccc(C)c2C)ccc1OC. The second kappa shape index (κ2) is 7.02. The number of nitrogens with one attached hydrogen (secondary N) is 2. The van der Waals surface area contributed by atoms with Crippen LogP contribution in [0.25, 0.3) is 0 Å². The zero-order valence-corrected chi connectivity index (χ0v) is 14.8. The molecule has 2 N–H and O–H groups in total. The number of aryl methyl sites for hydroxylation is 1. The number of ether oxygens (including phenoxy) is 1. The lowest BCUT2D eigenvalue weighted by Crippen LogP contribution is -2.20. The van der Waals surface area contributed by atoms with E-state index in [4.69, 9.17) is 4.74 Å². The minimum atomic E-state index is -3.74. The van der Waals surface area contributed by atoms with E-state index in [0.29, 0.717) is 5.69 Å². The van der Waals surface area contributed by atoms with Crippen LogP contribution in [-0.2, 0) is 10.0 Å². The van der Waals surface area contributed by atoms with E-state index in [1.807, 2.05) is 26.0 Å². The van der Waals surface area contributed by atoms with Gasteiger partial charge in [0.1, 0.15) is 10.6 Å². The van der Waals surface area contributed by atoms with Gasteiger partial charge in [0, 0.05) is 11.3 Å². The van der Waals surface area contributed by atoms with E-state index in [-0.39, 0.29) is 22.1 Å². The molecule has 24 heavy (non-hydrogen) atoms. The summed E-state index contributed by atoms with van der Waals surface area (Å²) in [6, 6.07) is 9.88. The summed E-state index contributed by atoms with van der Waals surface area (Å²) < 4.78 is 31.5. The Morgan fingerprint density at radius 1 is 1.12 bits per heavy atom. The van der Waals surface area contributed by atoms with E-state index < -0.39 is 10.0 Å². The summed E-state index contributed by atoms with van der Waals surface area (Å²) in [5.74, 6) is -0.216. The lowest BCUT2D eigenvalue weighted by Gasteiger charge is -2.13. The molecule has 0 saturated heterocycles. The van der Waals surface area contributed by atoms with Gasteiger partial charge in [-0.15, -0.1) is 0 Å². The maximum atomic E-state index is 12.5. The Balaban J connectivity index is 2.40. The molecule has 0 unspecified atom stereocenters. The van der Waals surface area contributed by atoms with Gasteiger partial charge in [0.15, 0.2) is 0 Å². The fourth-order valence-corrected chi connectivity index (χ4v) is 3.14. The van der Waals surface area contributed by atoms with Crippen molar-refractivity contribution in [3.05, 3.63) is 53.1 Å². The highest BCUT2D eigenvalue weighted by molar-refractivity contribution is 7.89. The third-order valence-corrected chi connectivity index (χ3v) is 5.27. The molecular formula is C17H20N2O4S. The number of rotatable bonds is 5. The third-order valence-electron chi connectivity index (χ3n) is 3.84. The summed E-state index contributed by atoms with van der Waals surface area (Å²) in [5.41, 5.74) is 2.93. The first-order chi connectivity index (χ1) is 11.3. The standard InChI is InChI=1S/C17H20N2O4S/c1-11-6-5-7-14(12(11)2)19-17(20)13-8-9-15(23-4)16(10-13)24(21,22)18-3/h5-10,18H,1-4H3,(H,19,20). The number of methoxy groups -OCH3 is 1. The van der Waals surface area contributed by atoms with Crippen LogP contribution in [0.2, 0.25) is 0 Å². The van der Waals surface area contributed by atoms with Gasteiger partial charge < -0.3 is 10.1 Å². The van der Waals surface area contributed by atoms with Crippen molar-refractivity contribution in [3.63, 3.8) is 0 Å². The Hall–Kier alpha value is -2.38. The number of amides is 1. The normalized spacial score (nSPS) is 11.2. The van der Waals surface area contributed by atoms with Crippen molar-refractivity contribution in [2.75, 3.05) is 19.5 Å². The lowest BCUT2D eigenvalue weighted by atomic mass is 10.1. The molecule has 0 heterocycles. The molecule has 7 heteroatoms. The van der Waals surface area contributed by atoms with Gasteiger partial charge >= 0.3 is 0 Å². The quantitative estimate of drug-likeness (QED) is 0.869. The van der Waals surface area contributed by atoms with Crippen LogP contribution in [0.3, 0.4) is 0 Å². The van der Waals surface area contributed by atoms with Crippen molar-refractivity contribution in [3.8, 4) is 5.75 Å². The number of benzene rings is 2. The van der Waals surface area contributed by atoms with E-state index in [9.17, 15) is 13.2 Å². The Morgan fingerprint density at radius 3 is 2.46 bits per heavy atom. The largest absolute Gasteiger partial charge is 0.495 e. The highest BCUT2D eigenvalue weighted by atomic mass is 32.2. The third kappa shape index (κ3) is 3.58. The molecule has 0 bridgehead atoms. The average molecular weight is 348 g/mol. The van der Waals surface area contributed by atoms with Crippen molar-refractivity contribution in [2.24, 2.45) is 0 Å². The molecule has 0 fully saturated rings. The van der Waals surface area contributed by atoms with Gasteiger partial charge in [-0.2, -0.15) is 0 Å². The van der Waals surface area contributed by atoms with Crippen LogP contribution >= 0.6 is 0 Å². The minimum Gasteiger partial charge on any atom is -0.495 e. The predicted octanol–water partition coefficient (Wildman–Crippen LogP) is 2.47. The second-order valence-electron chi connectivity index (χ2n) is 5.27. The first-order valence-corrected chi connectivity index (χ1v) is 8.77. The van der Waals surface area contributed by atoms with Crippen LogP contribution in [0.5, 0.6) is 5.75 Å². The van der Waals surface area contributed by atoms with Gasteiger partial charge in [-0.1, -0.05) is 12.1 Å². The van der Waals surface area contributed by atoms with Gasteiger partial charge in [-0.05, 0) is 56.3 Å². The molecule has 0 aliphatic carbocycles. The fraction of sp³-hybridized carbons (Fsp3) is 0.235. The second-order valence-corrected chi connectivity index (χ2v) is 7.13. The molecule has 1 amide bonds. The number of sulfonamides is 1. The van der Waals surface area contributed by atoms with Gasteiger partial charge in [-0.25, -0.2) is 13.1 Å².